The molecule has 1 aliphatic heterocycles. The molecular weight excluding hydrogens is 336 g/mol. The summed E-state index contributed by atoms with van der Waals surface area (Å²) in [6.07, 6.45) is 2.76. The van der Waals surface area contributed by atoms with Crippen molar-refractivity contribution in [3.63, 3.8) is 0 Å². The van der Waals surface area contributed by atoms with Crippen LogP contribution in [0.15, 0.2) is 41.6 Å². The van der Waals surface area contributed by atoms with E-state index in [0.717, 1.165) is 36.5 Å². The summed E-state index contributed by atoms with van der Waals surface area (Å²) in [7, 11) is 2.02. The van der Waals surface area contributed by atoms with Crippen LogP contribution in [0.1, 0.15) is 48.7 Å². The van der Waals surface area contributed by atoms with Gasteiger partial charge in [0, 0.05) is 25.4 Å². The minimum absolute atomic E-state index is 0.0512. The molecule has 2 heterocycles. The molecule has 0 radical (unpaired) electrons. The first kappa shape index (κ1) is 19.4. The molecule has 5 nitrogen and oxygen atoms in total. The fraction of sp³-hybridized carbons (Fsp3) is 0.455. The Bertz CT molecular complexity index is 848. The SMILES string of the molecule is CCN(CC)CC(=O)N1N=C(c2ccc(C)c(C)c2)CC1c1cccn1C. The van der Waals surface area contributed by atoms with Crippen molar-refractivity contribution in [2.24, 2.45) is 12.1 Å². The summed E-state index contributed by atoms with van der Waals surface area (Å²) in [5, 5.41) is 6.50. The predicted octanol–water partition coefficient (Wildman–Crippen LogP) is 3.66. The average Bonchev–Trinajstić information content (AvgIpc) is 3.27. The molecule has 5 heteroatoms. The second-order valence-corrected chi connectivity index (χ2v) is 7.31. The number of hydrogen-bond acceptors (Lipinski definition) is 3. The van der Waals surface area contributed by atoms with Crippen molar-refractivity contribution < 1.29 is 4.79 Å². The highest BCUT2D eigenvalue weighted by Gasteiger charge is 2.34. The Balaban J connectivity index is 1.93. The summed E-state index contributed by atoms with van der Waals surface area (Å²) < 4.78 is 2.08. The number of aromatic nitrogens is 1. The fourth-order valence-electron chi connectivity index (χ4n) is 3.60. The molecule has 2 aromatic rings. The van der Waals surface area contributed by atoms with Gasteiger partial charge in [0.25, 0.3) is 5.91 Å². The molecule has 0 bridgehead atoms. The van der Waals surface area contributed by atoms with Gasteiger partial charge in [0.2, 0.25) is 0 Å². The summed E-state index contributed by atoms with van der Waals surface area (Å²) in [6, 6.07) is 10.5. The van der Waals surface area contributed by atoms with E-state index in [1.165, 1.54) is 11.1 Å². The van der Waals surface area contributed by atoms with Crippen molar-refractivity contribution in [3.8, 4) is 0 Å². The highest BCUT2D eigenvalue weighted by atomic mass is 16.2. The van der Waals surface area contributed by atoms with Crippen LogP contribution < -0.4 is 0 Å². The number of amides is 1. The van der Waals surface area contributed by atoms with E-state index >= 15 is 0 Å². The molecule has 0 N–H and O–H groups in total. The normalized spacial score (nSPS) is 16.9. The zero-order chi connectivity index (χ0) is 19.6. The van der Waals surface area contributed by atoms with Gasteiger partial charge in [-0.2, -0.15) is 5.10 Å². The van der Waals surface area contributed by atoms with Crippen LogP contribution >= 0.6 is 0 Å². The quantitative estimate of drug-likeness (QED) is 0.783. The number of benzene rings is 1. The van der Waals surface area contributed by atoms with Crippen LogP contribution in [0.4, 0.5) is 0 Å². The van der Waals surface area contributed by atoms with Crippen molar-refractivity contribution in [1.29, 1.82) is 0 Å². The summed E-state index contributed by atoms with van der Waals surface area (Å²) in [5.41, 5.74) is 5.72. The molecule has 1 atom stereocenters. The van der Waals surface area contributed by atoms with Gasteiger partial charge in [0.05, 0.1) is 12.3 Å². The third kappa shape index (κ3) is 3.98. The van der Waals surface area contributed by atoms with E-state index in [1.807, 2.05) is 19.3 Å². The molecule has 0 fully saturated rings. The van der Waals surface area contributed by atoms with Gasteiger partial charge in [-0.05, 0) is 61.8 Å². The number of carbonyl (C=O) groups is 1. The van der Waals surface area contributed by atoms with E-state index < -0.39 is 0 Å². The highest BCUT2D eigenvalue weighted by molar-refractivity contribution is 6.03. The summed E-state index contributed by atoms with van der Waals surface area (Å²) in [6.45, 7) is 10.5. The summed E-state index contributed by atoms with van der Waals surface area (Å²) in [4.78, 5) is 15.2. The molecule has 1 amide bonds. The second kappa shape index (κ2) is 8.09. The lowest BCUT2D eigenvalue weighted by atomic mass is 9.98. The maximum absolute atomic E-state index is 13.1. The minimum atomic E-state index is -0.0512. The topological polar surface area (TPSA) is 40.8 Å². The Kier molecular flexibility index (Phi) is 5.80. The zero-order valence-corrected chi connectivity index (χ0v) is 17.1. The Labute approximate surface area is 162 Å². The van der Waals surface area contributed by atoms with E-state index in [9.17, 15) is 4.79 Å². The van der Waals surface area contributed by atoms with Crippen molar-refractivity contribution in [2.45, 2.75) is 40.2 Å². The molecule has 144 valence electrons. The lowest BCUT2D eigenvalue weighted by molar-refractivity contribution is -0.134. The van der Waals surface area contributed by atoms with Crippen LogP contribution in [0.2, 0.25) is 0 Å². The minimum Gasteiger partial charge on any atom is -0.353 e. The third-order valence-corrected chi connectivity index (χ3v) is 5.58. The first-order valence-electron chi connectivity index (χ1n) is 9.75. The van der Waals surface area contributed by atoms with Gasteiger partial charge in [-0.1, -0.05) is 26.0 Å². The number of rotatable bonds is 6. The van der Waals surface area contributed by atoms with Crippen molar-refractivity contribution in [1.82, 2.24) is 14.5 Å². The fourth-order valence-corrected chi connectivity index (χ4v) is 3.60. The van der Waals surface area contributed by atoms with Crippen LogP contribution in [0.25, 0.3) is 0 Å². The Morgan fingerprint density at radius 1 is 1.19 bits per heavy atom. The predicted molar refractivity (Wildman–Crippen MR) is 110 cm³/mol. The molecule has 1 aromatic carbocycles. The van der Waals surface area contributed by atoms with Gasteiger partial charge in [0.15, 0.2) is 0 Å². The molecule has 0 spiro atoms. The van der Waals surface area contributed by atoms with E-state index in [0.29, 0.717) is 6.54 Å². The van der Waals surface area contributed by atoms with Crippen LogP contribution in [-0.4, -0.2) is 45.7 Å². The van der Waals surface area contributed by atoms with Gasteiger partial charge in [-0.15, -0.1) is 0 Å². The van der Waals surface area contributed by atoms with E-state index in [1.54, 1.807) is 5.01 Å². The number of aryl methyl sites for hydroxylation is 3. The molecular formula is C22H30N4O. The van der Waals surface area contributed by atoms with Gasteiger partial charge in [-0.25, -0.2) is 5.01 Å². The highest BCUT2D eigenvalue weighted by Crippen LogP contribution is 2.33. The van der Waals surface area contributed by atoms with Crippen LogP contribution in [-0.2, 0) is 11.8 Å². The lowest BCUT2D eigenvalue weighted by Crippen LogP contribution is -2.38. The van der Waals surface area contributed by atoms with Gasteiger partial charge in [-0.3, -0.25) is 9.69 Å². The maximum Gasteiger partial charge on any atom is 0.257 e. The first-order valence-corrected chi connectivity index (χ1v) is 9.75. The number of carbonyl (C=O) groups excluding carboxylic acids is 1. The van der Waals surface area contributed by atoms with Crippen LogP contribution in [0.5, 0.6) is 0 Å². The molecule has 1 unspecified atom stereocenters. The Morgan fingerprint density at radius 2 is 1.93 bits per heavy atom. The maximum atomic E-state index is 13.1. The van der Waals surface area contributed by atoms with Crippen molar-refractivity contribution >= 4 is 11.6 Å². The summed E-state index contributed by atoms with van der Waals surface area (Å²) in [5.74, 6) is 0.0590. The zero-order valence-electron chi connectivity index (χ0n) is 17.1. The van der Waals surface area contributed by atoms with Crippen molar-refractivity contribution in [3.05, 3.63) is 58.9 Å². The number of hydrazone groups is 1. The molecule has 0 aliphatic carbocycles. The number of nitrogens with zero attached hydrogens (tertiary/aromatic N) is 4. The third-order valence-electron chi connectivity index (χ3n) is 5.58. The van der Waals surface area contributed by atoms with E-state index in [-0.39, 0.29) is 11.9 Å². The Hall–Kier alpha value is -2.40. The van der Waals surface area contributed by atoms with E-state index in [2.05, 4.69) is 61.4 Å². The molecule has 27 heavy (non-hydrogen) atoms. The molecule has 1 aromatic heterocycles. The van der Waals surface area contributed by atoms with Crippen molar-refractivity contribution in [2.75, 3.05) is 19.6 Å². The van der Waals surface area contributed by atoms with Crippen LogP contribution in [0.3, 0.4) is 0 Å². The monoisotopic (exact) mass is 366 g/mol. The Morgan fingerprint density at radius 3 is 2.52 bits per heavy atom. The van der Waals surface area contributed by atoms with Gasteiger partial charge < -0.3 is 4.57 Å². The smallest absolute Gasteiger partial charge is 0.257 e. The lowest BCUT2D eigenvalue weighted by Gasteiger charge is -2.25. The molecule has 0 saturated heterocycles. The van der Waals surface area contributed by atoms with Gasteiger partial charge >= 0.3 is 0 Å². The van der Waals surface area contributed by atoms with Gasteiger partial charge in [0.1, 0.15) is 6.04 Å². The average molecular weight is 367 g/mol. The largest absolute Gasteiger partial charge is 0.353 e. The number of hydrogen-bond donors (Lipinski definition) is 0. The number of likely N-dealkylation sites (N-methyl/N-ethyl adjacent to an activating group) is 1. The van der Waals surface area contributed by atoms with Crippen LogP contribution in [0, 0.1) is 13.8 Å². The standard InChI is InChI=1S/C22H30N4O/c1-6-25(7-2)15-22(27)26-21(20-9-8-12-24(20)5)14-19(23-26)18-11-10-16(3)17(4)13-18/h8-13,21H,6-7,14-15H2,1-5H3. The van der Waals surface area contributed by atoms with E-state index in [4.69, 9.17) is 5.10 Å². The molecule has 3 rings (SSSR count). The molecule has 0 saturated carbocycles. The molecule has 1 aliphatic rings. The first-order chi connectivity index (χ1) is 12.9. The second-order valence-electron chi connectivity index (χ2n) is 7.31. The summed E-state index contributed by atoms with van der Waals surface area (Å²) >= 11 is 0.